The Morgan fingerprint density at radius 3 is 2.70 bits per heavy atom. The Balaban J connectivity index is 1.84. The SMILES string of the molecule is CC(=O)N[C@@H]1CN(C(C)C)C[C@H]1c1nc(-c2ccccc2)n[nH]1. The third-order valence-electron chi connectivity index (χ3n) is 4.35. The first-order valence-electron chi connectivity index (χ1n) is 8.03. The first-order chi connectivity index (χ1) is 11.0. The number of nitrogens with one attached hydrogen (secondary N) is 2. The van der Waals surface area contributed by atoms with E-state index < -0.39 is 0 Å². The Kier molecular flexibility index (Phi) is 4.43. The van der Waals surface area contributed by atoms with Crippen LogP contribution in [0.2, 0.25) is 0 Å². The van der Waals surface area contributed by atoms with Crippen LogP contribution in [0, 0.1) is 0 Å². The highest BCUT2D eigenvalue weighted by molar-refractivity contribution is 5.73. The zero-order valence-electron chi connectivity index (χ0n) is 13.8. The molecule has 0 spiro atoms. The molecule has 0 saturated carbocycles. The minimum Gasteiger partial charge on any atom is -0.352 e. The monoisotopic (exact) mass is 313 g/mol. The molecule has 6 heteroatoms. The van der Waals surface area contributed by atoms with Crippen molar-refractivity contribution in [3.8, 4) is 11.4 Å². The van der Waals surface area contributed by atoms with Gasteiger partial charge in [0.15, 0.2) is 5.82 Å². The second kappa shape index (κ2) is 6.50. The number of hydrogen-bond acceptors (Lipinski definition) is 4. The van der Waals surface area contributed by atoms with Crippen LogP contribution in [-0.4, -0.2) is 51.2 Å². The van der Waals surface area contributed by atoms with Crippen molar-refractivity contribution >= 4 is 5.91 Å². The molecule has 1 saturated heterocycles. The van der Waals surface area contributed by atoms with Crippen LogP contribution in [0.5, 0.6) is 0 Å². The zero-order chi connectivity index (χ0) is 16.4. The number of carbonyl (C=O) groups is 1. The van der Waals surface area contributed by atoms with Gasteiger partial charge in [0.1, 0.15) is 5.82 Å². The van der Waals surface area contributed by atoms with Crippen LogP contribution in [0.4, 0.5) is 0 Å². The van der Waals surface area contributed by atoms with Gasteiger partial charge in [0.05, 0.1) is 12.0 Å². The average molecular weight is 313 g/mol. The fourth-order valence-electron chi connectivity index (χ4n) is 3.10. The summed E-state index contributed by atoms with van der Waals surface area (Å²) >= 11 is 0. The molecule has 2 N–H and O–H groups in total. The van der Waals surface area contributed by atoms with E-state index in [2.05, 4.69) is 39.2 Å². The van der Waals surface area contributed by atoms with Crippen LogP contribution < -0.4 is 5.32 Å². The third-order valence-corrected chi connectivity index (χ3v) is 4.35. The predicted molar refractivity (Wildman–Crippen MR) is 88.9 cm³/mol. The molecule has 1 aliphatic rings. The molecule has 1 aliphatic heterocycles. The van der Waals surface area contributed by atoms with Gasteiger partial charge in [-0.15, -0.1) is 0 Å². The van der Waals surface area contributed by atoms with E-state index in [0.717, 1.165) is 24.5 Å². The molecular formula is C17H23N5O. The van der Waals surface area contributed by atoms with E-state index in [1.165, 1.54) is 0 Å². The Hall–Kier alpha value is -2.21. The zero-order valence-corrected chi connectivity index (χ0v) is 13.8. The number of nitrogens with zero attached hydrogens (tertiary/aromatic N) is 3. The summed E-state index contributed by atoms with van der Waals surface area (Å²) in [5.41, 5.74) is 0.991. The topological polar surface area (TPSA) is 73.9 Å². The first kappa shape index (κ1) is 15.7. The van der Waals surface area contributed by atoms with Gasteiger partial charge in [-0.1, -0.05) is 30.3 Å². The Labute approximate surface area is 136 Å². The number of hydrogen-bond donors (Lipinski definition) is 2. The number of amides is 1. The predicted octanol–water partition coefficient (Wildman–Crippen LogP) is 1.78. The second-order valence-electron chi connectivity index (χ2n) is 6.37. The smallest absolute Gasteiger partial charge is 0.217 e. The van der Waals surface area contributed by atoms with Crippen molar-refractivity contribution in [3.05, 3.63) is 36.2 Å². The molecule has 1 amide bonds. The van der Waals surface area contributed by atoms with Gasteiger partial charge in [0, 0.05) is 31.6 Å². The standard InChI is InChI=1S/C17H23N5O/c1-11(2)22-9-14(15(10-22)18-12(3)23)17-19-16(20-21-17)13-7-5-4-6-8-13/h4-8,11,14-15H,9-10H2,1-3H3,(H,18,23)(H,19,20,21)/t14-,15-/m1/s1. The number of H-pyrrole nitrogens is 1. The molecule has 1 aromatic heterocycles. The Morgan fingerprint density at radius 1 is 1.30 bits per heavy atom. The summed E-state index contributed by atoms with van der Waals surface area (Å²) in [4.78, 5) is 18.5. The van der Waals surface area contributed by atoms with E-state index in [-0.39, 0.29) is 17.9 Å². The molecule has 2 atom stereocenters. The molecule has 3 rings (SSSR count). The van der Waals surface area contributed by atoms with E-state index >= 15 is 0 Å². The lowest BCUT2D eigenvalue weighted by molar-refractivity contribution is -0.119. The lowest BCUT2D eigenvalue weighted by Gasteiger charge is -2.19. The molecule has 0 bridgehead atoms. The van der Waals surface area contributed by atoms with Gasteiger partial charge in [-0.3, -0.25) is 14.8 Å². The fraction of sp³-hybridized carbons (Fsp3) is 0.471. The number of likely N-dealkylation sites (tertiary alicyclic amines) is 1. The molecule has 2 aromatic rings. The Bertz CT molecular complexity index is 667. The van der Waals surface area contributed by atoms with Gasteiger partial charge in [0.2, 0.25) is 5.91 Å². The molecule has 1 aromatic carbocycles. The number of carbonyl (C=O) groups excluding carboxylic acids is 1. The molecule has 6 nitrogen and oxygen atoms in total. The maximum Gasteiger partial charge on any atom is 0.217 e. The molecule has 2 heterocycles. The molecule has 0 unspecified atom stereocenters. The number of aromatic amines is 1. The molecule has 0 radical (unpaired) electrons. The van der Waals surface area contributed by atoms with Gasteiger partial charge < -0.3 is 5.32 Å². The van der Waals surface area contributed by atoms with Crippen LogP contribution in [-0.2, 0) is 4.79 Å². The molecule has 0 aliphatic carbocycles. The average Bonchev–Trinajstić information content (AvgIpc) is 3.14. The number of aromatic nitrogens is 3. The number of rotatable bonds is 4. The summed E-state index contributed by atoms with van der Waals surface area (Å²) in [6.45, 7) is 7.60. The minimum atomic E-state index is -0.00611. The van der Waals surface area contributed by atoms with E-state index in [1.54, 1.807) is 6.92 Å². The van der Waals surface area contributed by atoms with Crippen molar-refractivity contribution < 1.29 is 4.79 Å². The quantitative estimate of drug-likeness (QED) is 0.902. The van der Waals surface area contributed by atoms with Crippen molar-refractivity contribution in [2.75, 3.05) is 13.1 Å². The third kappa shape index (κ3) is 3.42. The van der Waals surface area contributed by atoms with Crippen molar-refractivity contribution in [2.24, 2.45) is 0 Å². The summed E-state index contributed by atoms with van der Waals surface area (Å²) in [6, 6.07) is 10.4. The van der Waals surface area contributed by atoms with Gasteiger partial charge >= 0.3 is 0 Å². The van der Waals surface area contributed by atoms with E-state index in [1.807, 2.05) is 30.3 Å². The highest BCUT2D eigenvalue weighted by Crippen LogP contribution is 2.28. The number of benzene rings is 1. The van der Waals surface area contributed by atoms with Crippen molar-refractivity contribution in [2.45, 2.75) is 38.8 Å². The second-order valence-corrected chi connectivity index (χ2v) is 6.37. The first-order valence-corrected chi connectivity index (χ1v) is 8.03. The van der Waals surface area contributed by atoms with Gasteiger partial charge in [-0.05, 0) is 13.8 Å². The maximum absolute atomic E-state index is 11.5. The summed E-state index contributed by atoms with van der Waals surface area (Å²) in [7, 11) is 0. The van der Waals surface area contributed by atoms with Gasteiger partial charge in [-0.25, -0.2) is 4.98 Å². The van der Waals surface area contributed by atoms with Crippen LogP contribution >= 0.6 is 0 Å². The van der Waals surface area contributed by atoms with Gasteiger partial charge in [-0.2, -0.15) is 5.10 Å². The molecular weight excluding hydrogens is 290 g/mol. The van der Waals surface area contributed by atoms with E-state index in [4.69, 9.17) is 0 Å². The maximum atomic E-state index is 11.5. The van der Waals surface area contributed by atoms with Crippen molar-refractivity contribution in [1.29, 1.82) is 0 Å². The van der Waals surface area contributed by atoms with Crippen LogP contribution in [0.25, 0.3) is 11.4 Å². The summed E-state index contributed by atoms with van der Waals surface area (Å²) in [6.07, 6.45) is 0. The van der Waals surface area contributed by atoms with Crippen LogP contribution in [0.3, 0.4) is 0 Å². The molecule has 122 valence electrons. The minimum absolute atomic E-state index is 0.00611. The Morgan fingerprint density at radius 2 is 2.04 bits per heavy atom. The largest absolute Gasteiger partial charge is 0.352 e. The van der Waals surface area contributed by atoms with E-state index in [0.29, 0.717) is 11.9 Å². The fourth-order valence-corrected chi connectivity index (χ4v) is 3.10. The van der Waals surface area contributed by atoms with Crippen LogP contribution in [0.1, 0.15) is 32.5 Å². The lowest BCUT2D eigenvalue weighted by Crippen LogP contribution is -2.39. The normalized spacial score (nSPS) is 21.7. The lowest BCUT2D eigenvalue weighted by atomic mass is 10.0. The van der Waals surface area contributed by atoms with Crippen molar-refractivity contribution in [1.82, 2.24) is 25.4 Å². The van der Waals surface area contributed by atoms with E-state index in [9.17, 15) is 4.79 Å². The van der Waals surface area contributed by atoms with Gasteiger partial charge in [0.25, 0.3) is 0 Å². The summed E-state index contributed by atoms with van der Waals surface area (Å²) in [5.74, 6) is 1.66. The highest BCUT2D eigenvalue weighted by atomic mass is 16.1. The summed E-state index contributed by atoms with van der Waals surface area (Å²) in [5, 5.41) is 10.5. The van der Waals surface area contributed by atoms with Crippen molar-refractivity contribution in [3.63, 3.8) is 0 Å². The highest BCUT2D eigenvalue weighted by Gasteiger charge is 2.37. The van der Waals surface area contributed by atoms with Crippen LogP contribution in [0.15, 0.2) is 30.3 Å². The molecule has 1 fully saturated rings. The summed E-state index contributed by atoms with van der Waals surface area (Å²) < 4.78 is 0. The molecule has 23 heavy (non-hydrogen) atoms.